The number of amides is 1. The van der Waals surface area contributed by atoms with Gasteiger partial charge < -0.3 is 11.1 Å². The molecule has 15 heavy (non-hydrogen) atoms. The number of rotatable bonds is 8. The first-order valence-electron chi connectivity index (χ1n) is 5.93. The number of carbonyl (C=O) groups is 1. The zero-order valence-corrected chi connectivity index (χ0v) is 9.67. The molecule has 0 atom stereocenters. The van der Waals surface area contributed by atoms with E-state index < -0.39 is 0 Å². The SMILES string of the molecule is CCCCN(CCC1CNC1)CC(N)=O. The quantitative estimate of drug-likeness (QED) is 0.605. The molecule has 0 unspecified atom stereocenters. The number of unbranched alkanes of at least 4 members (excludes halogenated alkanes) is 1. The molecule has 88 valence electrons. The van der Waals surface area contributed by atoms with Gasteiger partial charge >= 0.3 is 0 Å². The average Bonchev–Trinajstić information content (AvgIpc) is 2.10. The number of nitrogens with zero attached hydrogens (tertiary/aromatic N) is 1. The van der Waals surface area contributed by atoms with Crippen LogP contribution in [0.3, 0.4) is 0 Å². The molecule has 4 heteroatoms. The molecular formula is C11H23N3O. The molecule has 1 saturated heterocycles. The minimum absolute atomic E-state index is 0.210. The largest absolute Gasteiger partial charge is 0.369 e. The van der Waals surface area contributed by atoms with E-state index in [-0.39, 0.29) is 5.91 Å². The van der Waals surface area contributed by atoms with Crippen LogP contribution < -0.4 is 11.1 Å². The van der Waals surface area contributed by atoms with Gasteiger partial charge in [-0.05, 0) is 44.9 Å². The summed E-state index contributed by atoms with van der Waals surface area (Å²) in [6.07, 6.45) is 3.50. The highest BCUT2D eigenvalue weighted by molar-refractivity contribution is 5.75. The van der Waals surface area contributed by atoms with Gasteiger partial charge in [-0.2, -0.15) is 0 Å². The molecule has 0 aliphatic carbocycles. The molecule has 0 spiro atoms. The third-order valence-corrected chi connectivity index (χ3v) is 2.93. The van der Waals surface area contributed by atoms with E-state index in [4.69, 9.17) is 5.73 Å². The van der Waals surface area contributed by atoms with Gasteiger partial charge in [-0.1, -0.05) is 13.3 Å². The molecule has 1 aliphatic heterocycles. The summed E-state index contributed by atoms with van der Waals surface area (Å²) >= 11 is 0. The molecule has 1 fully saturated rings. The summed E-state index contributed by atoms with van der Waals surface area (Å²) < 4.78 is 0. The molecule has 0 aromatic carbocycles. The van der Waals surface area contributed by atoms with Crippen molar-refractivity contribution >= 4 is 5.91 Å². The number of hydrogen-bond acceptors (Lipinski definition) is 3. The number of carbonyl (C=O) groups excluding carboxylic acids is 1. The maximum atomic E-state index is 10.9. The first kappa shape index (κ1) is 12.5. The Morgan fingerprint density at radius 1 is 1.47 bits per heavy atom. The standard InChI is InChI=1S/C11H23N3O/c1-2-3-5-14(9-11(12)15)6-4-10-7-13-8-10/h10,13H,2-9H2,1H3,(H2,12,15). The topological polar surface area (TPSA) is 58.4 Å². The second-order valence-corrected chi connectivity index (χ2v) is 4.41. The Bertz CT molecular complexity index is 192. The number of nitrogens with two attached hydrogens (primary N) is 1. The second kappa shape index (κ2) is 6.80. The minimum atomic E-state index is -0.210. The number of primary amides is 1. The highest BCUT2D eigenvalue weighted by Gasteiger charge is 2.18. The lowest BCUT2D eigenvalue weighted by Crippen LogP contribution is -2.44. The van der Waals surface area contributed by atoms with Crippen LogP contribution in [-0.2, 0) is 4.79 Å². The first-order chi connectivity index (χ1) is 7.22. The summed E-state index contributed by atoms with van der Waals surface area (Å²) in [5.74, 6) is 0.597. The van der Waals surface area contributed by atoms with Crippen LogP contribution in [0, 0.1) is 5.92 Å². The Labute approximate surface area is 92.2 Å². The van der Waals surface area contributed by atoms with E-state index >= 15 is 0 Å². The molecule has 3 N–H and O–H groups in total. The summed E-state index contributed by atoms with van der Waals surface area (Å²) in [6, 6.07) is 0. The van der Waals surface area contributed by atoms with Gasteiger partial charge in [0.05, 0.1) is 6.54 Å². The molecule has 0 aromatic rings. The van der Waals surface area contributed by atoms with Crippen LogP contribution in [0.2, 0.25) is 0 Å². The van der Waals surface area contributed by atoms with E-state index in [1.54, 1.807) is 0 Å². The van der Waals surface area contributed by atoms with Crippen molar-refractivity contribution in [2.24, 2.45) is 11.7 Å². The number of nitrogens with one attached hydrogen (secondary N) is 1. The van der Waals surface area contributed by atoms with Crippen LogP contribution in [0.25, 0.3) is 0 Å². The third kappa shape index (κ3) is 5.14. The summed E-state index contributed by atoms with van der Waals surface area (Å²) in [5.41, 5.74) is 5.23. The lowest BCUT2D eigenvalue weighted by Gasteiger charge is -2.29. The van der Waals surface area contributed by atoms with Crippen molar-refractivity contribution in [3.05, 3.63) is 0 Å². The van der Waals surface area contributed by atoms with Crippen LogP contribution in [0.15, 0.2) is 0 Å². The molecule has 0 saturated carbocycles. The van der Waals surface area contributed by atoms with Gasteiger partial charge in [0.2, 0.25) is 5.91 Å². The Hall–Kier alpha value is -0.610. The zero-order chi connectivity index (χ0) is 11.1. The summed E-state index contributed by atoms with van der Waals surface area (Å²) in [4.78, 5) is 13.1. The van der Waals surface area contributed by atoms with Crippen molar-refractivity contribution in [3.63, 3.8) is 0 Å². The van der Waals surface area contributed by atoms with Gasteiger partial charge in [-0.3, -0.25) is 9.69 Å². The highest BCUT2D eigenvalue weighted by Crippen LogP contribution is 2.09. The fourth-order valence-corrected chi connectivity index (χ4v) is 1.79. The maximum Gasteiger partial charge on any atom is 0.231 e. The minimum Gasteiger partial charge on any atom is -0.369 e. The molecular weight excluding hydrogens is 190 g/mol. The van der Waals surface area contributed by atoms with Crippen molar-refractivity contribution in [1.29, 1.82) is 0 Å². The highest BCUT2D eigenvalue weighted by atomic mass is 16.1. The molecule has 0 aromatic heterocycles. The van der Waals surface area contributed by atoms with Crippen LogP contribution in [-0.4, -0.2) is 43.5 Å². The summed E-state index contributed by atoms with van der Waals surface area (Å²) in [5, 5.41) is 3.26. The first-order valence-corrected chi connectivity index (χ1v) is 5.93. The lowest BCUT2D eigenvalue weighted by atomic mass is 9.99. The van der Waals surface area contributed by atoms with E-state index in [0.717, 1.165) is 38.5 Å². The molecule has 1 rings (SSSR count). The predicted octanol–water partition coefficient (Wildman–Crippen LogP) is 0.183. The van der Waals surface area contributed by atoms with Crippen LogP contribution >= 0.6 is 0 Å². The average molecular weight is 213 g/mol. The van der Waals surface area contributed by atoms with Crippen molar-refractivity contribution in [2.75, 3.05) is 32.7 Å². The van der Waals surface area contributed by atoms with Gasteiger partial charge in [0.15, 0.2) is 0 Å². The zero-order valence-electron chi connectivity index (χ0n) is 9.67. The molecule has 1 amide bonds. The van der Waals surface area contributed by atoms with Crippen LogP contribution in [0.4, 0.5) is 0 Å². The van der Waals surface area contributed by atoms with E-state index in [9.17, 15) is 4.79 Å². The van der Waals surface area contributed by atoms with Crippen molar-refractivity contribution in [2.45, 2.75) is 26.2 Å². The Morgan fingerprint density at radius 3 is 2.67 bits per heavy atom. The number of hydrogen-bond donors (Lipinski definition) is 2. The summed E-state index contributed by atoms with van der Waals surface area (Å²) in [6.45, 7) is 6.86. The summed E-state index contributed by atoms with van der Waals surface area (Å²) in [7, 11) is 0. The second-order valence-electron chi connectivity index (χ2n) is 4.41. The Balaban J connectivity index is 2.16. The van der Waals surface area contributed by atoms with Crippen molar-refractivity contribution in [1.82, 2.24) is 10.2 Å². The van der Waals surface area contributed by atoms with E-state index in [1.165, 1.54) is 12.8 Å². The van der Waals surface area contributed by atoms with Gasteiger partial charge in [0.1, 0.15) is 0 Å². The van der Waals surface area contributed by atoms with Gasteiger partial charge in [-0.15, -0.1) is 0 Å². The van der Waals surface area contributed by atoms with E-state index in [1.807, 2.05) is 0 Å². The fraction of sp³-hybridized carbons (Fsp3) is 0.909. The van der Waals surface area contributed by atoms with E-state index in [0.29, 0.717) is 6.54 Å². The Morgan fingerprint density at radius 2 is 2.20 bits per heavy atom. The predicted molar refractivity (Wildman–Crippen MR) is 61.5 cm³/mol. The molecule has 0 bridgehead atoms. The molecule has 1 aliphatic rings. The van der Waals surface area contributed by atoms with Crippen molar-refractivity contribution in [3.8, 4) is 0 Å². The fourth-order valence-electron chi connectivity index (χ4n) is 1.79. The Kier molecular flexibility index (Phi) is 5.65. The van der Waals surface area contributed by atoms with E-state index in [2.05, 4.69) is 17.1 Å². The monoisotopic (exact) mass is 213 g/mol. The lowest BCUT2D eigenvalue weighted by molar-refractivity contribution is -0.119. The molecule has 0 radical (unpaired) electrons. The molecule has 4 nitrogen and oxygen atoms in total. The smallest absolute Gasteiger partial charge is 0.231 e. The van der Waals surface area contributed by atoms with Gasteiger partial charge in [0.25, 0.3) is 0 Å². The van der Waals surface area contributed by atoms with Gasteiger partial charge in [-0.25, -0.2) is 0 Å². The van der Waals surface area contributed by atoms with Crippen LogP contribution in [0.1, 0.15) is 26.2 Å². The maximum absolute atomic E-state index is 10.9. The normalized spacial score (nSPS) is 16.7. The molecule has 1 heterocycles. The van der Waals surface area contributed by atoms with Gasteiger partial charge in [0, 0.05) is 0 Å². The third-order valence-electron chi connectivity index (χ3n) is 2.93. The van der Waals surface area contributed by atoms with Crippen LogP contribution in [0.5, 0.6) is 0 Å². The van der Waals surface area contributed by atoms with Crippen molar-refractivity contribution < 1.29 is 4.79 Å².